The molecule has 0 unspecified atom stereocenters. The molecule has 0 spiro atoms. The van der Waals surface area contributed by atoms with Crippen molar-refractivity contribution in [3.63, 3.8) is 0 Å². The number of carbonyl (C=O) groups excluding carboxylic acids is 1. The lowest BCUT2D eigenvalue weighted by Crippen LogP contribution is -2.25. The molecule has 1 amide bonds. The summed E-state index contributed by atoms with van der Waals surface area (Å²) in [5.74, 6) is 0.371. The molecule has 5 nitrogen and oxygen atoms in total. The zero-order valence-corrected chi connectivity index (χ0v) is 13.6. The number of rotatable bonds is 5. The van der Waals surface area contributed by atoms with E-state index < -0.39 is 0 Å². The van der Waals surface area contributed by atoms with Gasteiger partial charge >= 0.3 is 0 Å². The molecule has 3 N–H and O–H groups in total. The standard InChI is InChI=1S/C18H21N3O2/c1-12-8-13(2)10-17(9-12)23-11-18(22)21-20-14(3)15-4-6-16(19)7-5-15/h4-10H,11,19H2,1-3H3,(H,21,22)/b20-14-. The van der Waals surface area contributed by atoms with Crippen LogP contribution in [-0.2, 0) is 4.79 Å². The molecule has 0 saturated heterocycles. The number of nitrogens with two attached hydrogens (primary N) is 1. The molecule has 0 aliphatic carbocycles. The zero-order chi connectivity index (χ0) is 16.8. The zero-order valence-electron chi connectivity index (χ0n) is 13.6. The van der Waals surface area contributed by atoms with Gasteiger partial charge < -0.3 is 10.5 Å². The van der Waals surface area contributed by atoms with Gasteiger partial charge in [-0.05, 0) is 61.7 Å². The Morgan fingerprint density at radius 3 is 2.35 bits per heavy atom. The second-order valence-corrected chi connectivity index (χ2v) is 5.47. The van der Waals surface area contributed by atoms with Crippen LogP contribution in [0, 0.1) is 13.8 Å². The van der Waals surface area contributed by atoms with Crippen molar-refractivity contribution in [1.29, 1.82) is 0 Å². The third kappa shape index (κ3) is 5.14. The molecule has 0 radical (unpaired) electrons. The number of ether oxygens (including phenoxy) is 1. The summed E-state index contributed by atoms with van der Waals surface area (Å²) in [4.78, 5) is 11.8. The third-order valence-corrected chi connectivity index (χ3v) is 3.24. The van der Waals surface area contributed by atoms with E-state index in [0.29, 0.717) is 17.1 Å². The fraction of sp³-hybridized carbons (Fsp3) is 0.222. The van der Waals surface area contributed by atoms with Crippen LogP contribution >= 0.6 is 0 Å². The predicted octanol–water partition coefficient (Wildman–Crippen LogP) is 2.80. The first-order valence-electron chi connectivity index (χ1n) is 7.34. The third-order valence-electron chi connectivity index (χ3n) is 3.24. The van der Waals surface area contributed by atoms with Crippen molar-refractivity contribution in [2.45, 2.75) is 20.8 Å². The SMILES string of the molecule is C/C(=N/NC(=O)COc1cc(C)cc(C)c1)c1ccc(N)cc1. The summed E-state index contributed by atoms with van der Waals surface area (Å²) in [7, 11) is 0. The van der Waals surface area contributed by atoms with Gasteiger partial charge in [0.05, 0.1) is 5.71 Å². The molecule has 2 aromatic carbocycles. The first-order valence-corrected chi connectivity index (χ1v) is 7.34. The molecule has 0 saturated carbocycles. The first kappa shape index (κ1) is 16.5. The molecular weight excluding hydrogens is 290 g/mol. The van der Waals surface area contributed by atoms with E-state index in [0.717, 1.165) is 16.7 Å². The lowest BCUT2D eigenvalue weighted by molar-refractivity contribution is -0.123. The number of nitrogens with one attached hydrogen (secondary N) is 1. The van der Waals surface area contributed by atoms with Gasteiger partial charge in [-0.3, -0.25) is 4.79 Å². The Labute approximate surface area is 136 Å². The van der Waals surface area contributed by atoms with Gasteiger partial charge in [0.2, 0.25) is 0 Å². The summed E-state index contributed by atoms with van der Waals surface area (Å²) in [6.07, 6.45) is 0. The molecule has 0 aromatic heterocycles. The molecule has 0 aliphatic rings. The number of carbonyl (C=O) groups is 1. The van der Waals surface area contributed by atoms with E-state index in [1.165, 1.54) is 0 Å². The first-order chi connectivity index (χ1) is 10.9. The second kappa shape index (κ2) is 7.45. The second-order valence-electron chi connectivity index (χ2n) is 5.47. The Balaban J connectivity index is 1.89. The van der Waals surface area contributed by atoms with Gasteiger partial charge in [0.15, 0.2) is 6.61 Å². The lowest BCUT2D eigenvalue weighted by Gasteiger charge is -2.08. The van der Waals surface area contributed by atoms with Crippen LogP contribution in [-0.4, -0.2) is 18.2 Å². The predicted molar refractivity (Wildman–Crippen MR) is 92.6 cm³/mol. The number of benzene rings is 2. The minimum absolute atomic E-state index is 0.0819. The van der Waals surface area contributed by atoms with E-state index in [4.69, 9.17) is 10.5 Å². The van der Waals surface area contributed by atoms with Crippen molar-refractivity contribution in [3.05, 3.63) is 59.2 Å². The van der Waals surface area contributed by atoms with Crippen molar-refractivity contribution in [2.24, 2.45) is 5.10 Å². The Morgan fingerprint density at radius 2 is 1.74 bits per heavy atom. The molecule has 23 heavy (non-hydrogen) atoms. The minimum Gasteiger partial charge on any atom is -0.484 e. The van der Waals surface area contributed by atoms with Gasteiger partial charge in [-0.2, -0.15) is 5.10 Å². The van der Waals surface area contributed by atoms with Crippen LogP contribution in [0.5, 0.6) is 5.75 Å². The molecule has 0 fully saturated rings. The van der Waals surface area contributed by atoms with Crippen LogP contribution in [0.25, 0.3) is 0 Å². The lowest BCUT2D eigenvalue weighted by atomic mass is 10.1. The monoisotopic (exact) mass is 311 g/mol. The molecular formula is C18H21N3O2. The van der Waals surface area contributed by atoms with Crippen molar-refractivity contribution in [3.8, 4) is 5.75 Å². The van der Waals surface area contributed by atoms with Crippen molar-refractivity contribution in [2.75, 3.05) is 12.3 Å². The minimum atomic E-state index is -0.307. The largest absolute Gasteiger partial charge is 0.484 e. The van der Waals surface area contributed by atoms with E-state index in [1.807, 2.05) is 51.1 Å². The van der Waals surface area contributed by atoms with E-state index in [9.17, 15) is 4.79 Å². The summed E-state index contributed by atoms with van der Waals surface area (Å²) >= 11 is 0. The molecule has 0 heterocycles. The molecule has 0 atom stereocenters. The summed E-state index contributed by atoms with van der Waals surface area (Å²) in [5.41, 5.74) is 12.6. The number of amides is 1. The molecule has 5 heteroatoms. The van der Waals surface area contributed by atoms with Crippen molar-refractivity contribution < 1.29 is 9.53 Å². The highest BCUT2D eigenvalue weighted by Gasteiger charge is 2.04. The van der Waals surface area contributed by atoms with Crippen molar-refractivity contribution >= 4 is 17.3 Å². The van der Waals surface area contributed by atoms with Crippen LogP contribution in [0.2, 0.25) is 0 Å². The molecule has 120 valence electrons. The van der Waals surface area contributed by atoms with Crippen molar-refractivity contribution in [1.82, 2.24) is 5.43 Å². The smallest absolute Gasteiger partial charge is 0.277 e. The maximum Gasteiger partial charge on any atom is 0.277 e. The Morgan fingerprint density at radius 1 is 1.13 bits per heavy atom. The maximum absolute atomic E-state index is 11.8. The Bertz CT molecular complexity index is 701. The highest BCUT2D eigenvalue weighted by atomic mass is 16.5. The number of anilines is 1. The summed E-state index contributed by atoms with van der Waals surface area (Å²) in [6.45, 7) is 5.71. The van der Waals surface area contributed by atoms with Crippen LogP contribution in [0.1, 0.15) is 23.6 Å². The fourth-order valence-electron chi connectivity index (χ4n) is 2.13. The molecule has 2 rings (SSSR count). The number of hydrogen-bond donors (Lipinski definition) is 2. The molecule has 0 aliphatic heterocycles. The number of hydrazone groups is 1. The topological polar surface area (TPSA) is 76.7 Å². The Hall–Kier alpha value is -2.82. The summed E-state index contributed by atoms with van der Waals surface area (Å²) < 4.78 is 5.49. The summed E-state index contributed by atoms with van der Waals surface area (Å²) in [6, 6.07) is 13.1. The number of nitrogen functional groups attached to an aromatic ring is 1. The maximum atomic E-state index is 11.8. The fourth-order valence-corrected chi connectivity index (χ4v) is 2.13. The van der Waals surface area contributed by atoms with Gasteiger partial charge in [-0.15, -0.1) is 0 Å². The van der Waals surface area contributed by atoms with E-state index in [2.05, 4.69) is 10.5 Å². The van der Waals surface area contributed by atoms with Gasteiger partial charge in [0, 0.05) is 5.69 Å². The number of nitrogens with zero attached hydrogens (tertiary/aromatic N) is 1. The normalized spacial score (nSPS) is 11.2. The van der Waals surface area contributed by atoms with Gasteiger partial charge in [-0.1, -0.05) is 18.2 Å². The van der Waals surface area contributed by atoms with E-state index >= 15 is 0 Å². The van der Waals surface area contributed by atoms with Crippen LogP contribution in [0.15, 0.2) is 47.6 Å². The highest BCUT2D eigenvalue weighted by molar-refractivity contribution is 5.99. The van der Waals surface area contributed by atoms with E-state index in [-0.39, 0.29) is 12.5 Å². The van der Waals surface area contributed by atoms with Gasteiger partial charge in [-0.25, -0.2) is 5.43 Å². The number of aryl methyl sites for hydroxylation is 2. The van der Waals surface area contributed by atoms with Gasteiger partial charge in [0.25, 0.3) is 5.91 Å². The van der Waals surface area contributed by atoms with Crippen LogP contribution in [0.3, 0.4) is 0 Å². The number of hydrogen-bond acceptors (Lipinski definition) is 4. The van der Waals surface area contributed by atoms with Crippen LogP contribution < -0.4 is 15.9 Å². The Kier molecular flexibility index (Phi) is 5.36. The van der Waals surface area contributed by atoms with Crippen LogP contribution in [0.4, 0.5) is 5.69 Å². The summed E-state index contributed by atoms with van der Waals surface area (Å²) in [5, 5.41) is 4.07. The van der Waals surface area contributed by atoms with E-state index in [1.54, 1.807) is 12.1 Å². The average Bonchev–Trinajstić information content (AvgIpc) is 2.50. The molecule has 2 aromatic rings. The molecule has 0 bridgehead atoms. The highest BCUT2D eigenvalue weighted by Crippen LogP contribution is 2.15. The quantitative estimate of drug-likeness (QED) is 0.506. The van der Waals surface area contributed by atoms with Gasteiger partial charge in [0.1, 0.15) is 5.75 Å². The average molecular weight is 311 g/mol.